The van der Waals surface area contributed by atoms with E-state index in [1.54, 1.807) is 0 Å². The third kappa shape index (κ3) is 5.36. The molecule has 0 fully saturated rings. The Morgan fingerprint density at radius 2 is 1.62 bits per heavy atom. The van der Waals surface area contributed by atoms with E-state index in [4.69, 9.17) is 5.11 Å². The van der Waals surface area contributed by atoms with Gasteiger partial charge in [0.1, 0.15) is 0 Å². The van der Waals surface area contributed by atoms with E-state index < -0.39 is 0 Å². The number of rotatable bonds is 3. The van der Waals surface area contributed by atoms with Crippen LogP contribution in [0.5, 0.6) is 0 Å². The molecule has 0 aliphatic rings. The average molecular weight is 144 g/mol. The van der Waals surface area contributed by atoms with Gasteiger partial charge in [-0.25, -0.2) is 0 Å². The summed E-state index contributed by atoms with van der Waals surface area (Å²) in [5.41, 5.74) is 0. The number of aliphatic hydroxyl groups excluding tert-OH is 1. The normalized spacial score (nSPS) is 9.00. The molecule has 8 heavy (non-hydrogen) atoms. The molecule has 0 aromatic carbocycles. The van der Waals surface area contributed by atoms with Crippen LogP contribution < -0.4 is 0 Å². The monoisotopic (exact) mass is 144 g/mol. The van der Waals surface area contributed by atoms with Crippen LogP contribution in [0.2, 0.25) is 0 Å². The Morgan fingerprint density at radius 1 is 1.25 bits per heavy atom. The predicted molar refractivity (Wildman–Crippen MR) is 39.7 cm³/mol. The molecule has 0 spiro atoms. The second kappa shape index (κ2) is 8.22. The first-order valence-corrected chi connectivity index (χ1v) is 2.96. The molecule has 0 radical (unpaired) electrons. The molecule has 1 nitrogen and oxygen atoms in total. The van der Waals surface area contributed by atoms with Crippen LogP contribution in [0.15, 0.2) is 0 Å². The van der Waals surface area contributed by atoms with E-state index in [0.717, 1.165) is 12.8 Å². The molecule has 0 aromatic rings. The quantitative estimate of drug-likeness (QED) is 0.572. The van der Waals surface area contributed by atoms with Crippen molar-refractivity contribution >= 4 is 37.7 Å². The van der Waals surface area contributed by atoms with Gasteiger partial charge in [-0.2, -0.15) is 0 Å². The molecule has 0 bridgehead atoms. The number of hydrogen-bond donors (Lipinski definition) is 1. The molecular weight excluding hydrogens is 128 g/mol. The van der Waals surface area contributed by atoms with Gasteiger partial charge in [-0.15, -0.1) is 0 Å². The standard InChI is InChI=1S/C6H14O.Ca.2H/c1-3-6(4-2)5-7;;;/h6-7H,3-5H2,1-2H3;;;. The van der Waals surface area contributed by atoms with Gasteiger partial charge in [0.2, 0.25) is 0 Å². The van der Waals surface area contributed by atoms with Crippen LogP contribution in [0.3, 0.4) is 0 Å². The first-order chi connectivity index (χ1) is 3.35. The van der Waals surface area contributed by atoms with Crippen molar-refractivity contribution < 1.29 is 5.11 Å². The molecule has 0 heterocycles. The zero-order valence-corrected chi connectivity index (χ0v) is 5.15. The van der Waals surface area contributed by atoms with Gasteiger partial charge in [-0.1, -0.05) is 26.7 Å². The van der Waals surface area contributed by atoms with Crippen molar-refractivity contribution in [3.8, 4) is 0 Å². The van der Waals surface area contributed by atoms with Gasteiger partial charge in [0.05, 0.1) is 0 Å². The fourth-order valence-corrected chi connectivity index (χ4v) is 0.547. The molecule has 0 saturated heterocycles. The van der Waals surface area contributed by atoms with Crippen LogP contribution in [0.4, 0.5) is 0 Å². The maximum atomic E-state index is 8.53. The third-order valence-corrected chi connectivity index (χ3v) is 1.41. The summed E-state index contributed by atoms with van der Waals surface area (Å²) in [6, 6.07) is 0. The molecule has 0 saturated carbocycles. The molecule has 0 unspecified atom stereocenters. The molecule has 0 atom stereocenters. The van der Waals surface area contributed by atoms with Crippen molar-refractivity contribution in [1.29, 1.82) is 0 Å². The minimum absolute atomic E-state index is 0. The van der Waals surface area contributed by atoms with Crippen LogP contribution in [0, 0.1) is 5.92 Å². The van der Waals surface area contributed by atoms with Gasteiger partial charge in [0.25, 0.3) is 0 Å². The maximum absolute atomic E-state index is 8.53. The third-order valence-electron chi connectivity index (χ3n) is 1.41. The number of hydrogen-bond acceptors (Lipinski definition) is 1. The molecular formula is C6H16CaO. The zero-order chi connectivity index (χ0) is 5.70. The predicted octanol–water partition coefficient (Wildman–Crippen LogP) is 0.499. The van der Waals surface area contributed by atoms with Crippen LogP contribution in [0.1, 0.15) is 26.7 Å². The van der Waals surface area contributed by atoms with Crippen molar-refractivity contribution in [2.75, 3.05) is 6.61 Å². The van der Waals surface area contributed by atoms with E-state index in [0.29, 0.717) is 12.5 Å². The summed E-state index contributed by atoms with van der Waals surface area (Å²) < 4.78 is 0. The summed E-state index contributed by atoms with van der Waals surface area (Å²) in [6.07, 6.45) is 2.21. The summed E-state index contributed by atoms with van der Waals surface area (Å²) in [6.45, 7) is 4.56. The molecule has 0 aromatic heterocycles. The summed E-state index contributed by atoms with van der Waals surface area (Å²) in [7, 11) is 0. The number of aliphatic hydroxyl groups is 1. The molecule has 0 aliphatic carbocycles. The van der Waals surface area contributed by atoms with Gasteiger partial charge < -0.3 is 5.11 Å². The van der Waals surface area contributed by atoms with Crippen LogP contribution >= 0.6 is 0 Å². The van der Waals surface area contributed by atoms with Crippen LogP contribution in [-0.4, -0.2) is 49.5 Å². The van der Waals surface area contributed by atoms with E-state index in [2.05, 4.69) is 13.8 Å². The molecule has 0 rings (SSSR count). The average Bonchev–Trinajstić information content (AvgIpc) is 1.72. The molecule has 2 heteroatoms. The fraction of sp³-hybridized carbons (Fsp3) is 1.00. The first-order valence-electron chi connectivity index (χ1n) is 2.96. The Labute approximate surface area is 81.5 Å². The minimum atomic E-state index is 0. The Bertz CT molecular complexity index is 30.0. The Kier molecular flexibility index (Phi) is 12.3. The van der Waals surface area contributed by atoms with Gasteiger partial charge in [-0.3, -0.25) is 0 Å². The van der Waals surface area contributed by atoms with Crippen molar-refractivity contribution in [3.05, 3.63) is 0 Å². The molecule has 0 aliphatic heterocycles. The van der Waals surface area contributed by atoms with Crippen molar-refractivity contribution in [3.63, 3.8) is 0 Å². The second-order valence-electron chi connectivity index (χ2n) is 1.87. The van der Waals surface area contributed by atoms with Gasteiger partial charge >= 0.3 is 37.7 Å². The summed E-state index contributed by atoms with van der Waals surface area (Å²) in [5, 5.41) is 8.53. The van der Waals surface area contributed by atoms with Crippen LogP contribution in [0.25, 0.3) is 0 Å². The Morgan fingerprint density at radius 3 is 1.62 bits per heavy atom. The van der Waals surface area contributed by atoms with Crippen molar-refractivity contribution in [2.45, 2.75) is 26.7 Å². The molecule has 1 N–H and O–H groups in total. The van der Waals surface area contributed by atoms with E-state index in [1.165, 1.54) is 0 Å². The SMILES string of the molecule is CCC(CC)CO.[CaH2]. The van der Waals surface area contributed by atoms with E-state index in [9.17, 15) is 0 Å². The summed E-state index contributed by atoms with van der Waals surface area (Å²) in [5.74, 6) is 0.542. The van der Waals surface area contributed by atoms with E-state index in [-0.39, 0.29) is 37.7 Å². The van der Waals surface area contributed by atoms with Crippen molar-refractivity contribution in [2.24, 2.45) is 5.92 Å². The topological polar surface area (TPSA) is 20.2 Å². The van der Waals surface area contributed by atoms with Crippen molar-refractivity contribution in [1.82, 2.24) is 0 Å². The Balaban J connectivity index is 0. The van der Waals surface area contributed by atoms with Gasteiger partial charge in [-0.05, 0) is 5.92 Å². The summed E-state index contributed by atoms with van der Waals surface area (Å²) in [4.78, 5) is 0. The van der Waals surface area contributed by atoms with E-state index in [1.807, 2.05) is 0 Å². The second-order valence-corrected chi connectivity index (χ2v) is 1.87. The fourth-order valence-electron chi connectivity index (χ4n) is 0.547. The summed E-state index contributed by atoms with van der Waals surface area (Å²) >= 11 is 0. The molecule has 0 amide bonds. The van der Waals surface area contributed by atoms with Gasteiger partial charge in [0.15, 0.2) is 0 Å². The zero-order valence-electron chi connectivity index (χ0n) is 5.15. The first kappa shape index (κ1) is 12.0. The Hall–Kier alpha value is 1.22. The van der Waals surface area contributed by atoms with E-state index >= 15 is 0 Å². The van der Waals surface area contributed by atoms with Crippen LogP contribution in [-0.2, 0) is 0 Å². The molecule has 48 valence electrons. The van der Waals surface area contributed by atoms with Gasteiger partial charge in [0, 0.05) is 6.61 Å².